The lowest BCUT2D eigenvalue weighted by Crippen LogP contribution is -2.67. The molecule has 3 aromatic rings. The van der Waals surface area contributed by atoms with Gasteiger partial charge in [-0.1, -0.05) is 102 Å². The van der Waals surface area contributed by atoms with Gasteiger partial charge in [0.05, 0.1) is 54.3 Å². The number of phenols is 1. The number of carbonyl (C=O) groups is 3. The van der Waals surface area contributed by atoms with E-state index in [4.69, 9.17) is 15.5 Å². The topological polar surface area (TPSA) is 301 Å². The van der Waals surface area contributed by atoms with Gasteiger partial charge in [-0.25, -0.2) is 4.99 Å². The van der Waals surface area contributed by atoms with Gasteiger partial charge in [-0.2, -0.15) is 0 Å². The summed E-state index contributed by atoms with van der Waals surface area (Å²) in [6.45, 7) is 7.47. The number of aliphatic imine (C=N–C) groups is 1. The highest BCUT2D eigenvalue weighted by Gasteiger charge is 2.75. The summed E-state index contributed by atoms with van der Waals surface area (Å²) in [5.74, 6) is 1.84. The number of nitrogens with two attached hydrogens (primary N) is 1. The van der Waals surface area contributed by atoms with Crippen molar-refractivity contribution in [3.8, 4) is 17.6 Å². The van der Waals surface area contributed by atoms with Gasteiger partial charge in [0.25, 0.3) is 0 Å². The Morgan fingerprint density at radius 2 is 1.68 bits per heavy atom. The highest BCUT2D eigenvalue weighted by molar-refractivity contribution is 8.76. The third-order valence-corrected chi connectivity index (χ3v) is 27.2. The van der Waals surface area contributed by atoms with Crippen molar-refractivity contribution in [3.05, 3.63) is 113 Å². The zero-order valence-corrected chi connectivity index (χ0v) is 55.3. The molecule has 2 aromatic carbocycles. The molecule has 0 amide bonds. The number of phenolic OH excluding ortho intramolecular Hbond substituents is 1. The number of cyclic esters (lactones) is 1. The van der Waals surface area contributed by atoms with Crippen molar-refractivity contribution < 1.29 is 60.0 Å². The predicted octanol–water partition coefficient (Wildman–Crippen LogP) is 7.83. The van der Waals surface area contributed by atoms with Crippen molar-refractivity contribution in [1.82, 2.24) is 15.6 Å². The van der Waals surface area contributed by atoms with Gasteiger partial charge in [0, 0.05) is 90.8 Å². The normalized spacial score (nSPS) is 41.7. The zero-order valence-electron chi connectivity index (χ0n) is 53.7. The number of ether oxygens (including phenoxy) is 1. The third-order valence-electron chi connectivity index (χ3n) is 24.6. The number of H-pyrrole nitrogens is 1. The quantitative estimate of drug-likeness (QED) is 0.0217. The second-order valence-electron chi connectivity index (χ2n) is 29.6. The van der Waals surface area contributed by atoms with Gasteiger partial charge in [-0.3, -0.25) is 14.4 Å². The van der Waals surface area contributed by atoms with E-state index in [2.05, 4.69) is 40.5 Å². The Morgan fingerprint density at radius 3 is 2.41 bits per heavy atom. The lowest BCUT2D eigenvalue weighted by Gasteiger charge is -2.63. The fourth-order valence-electron chi connectivity index (χ4n) is 20.3. The first-order valence-electron chi connectivity index (χ1n) is 34.1. The van der Waals surface area contributed by atoms with Crippen LogP contribution in [0.5, 0.6) is 5.75 Å². The molecule has 9 aliphatic rings. The van der Waals surface area contributed by atoms with E-state index in [0.29, 0.717) is 49.5 Å². The number of aromatic nitrogens is 1. The Morgan fingerprint density at radius 1 is 0.913 bits per heavy atom. The molecule has 3 heterocycles. The summed E-state index contributed by atoms with van der Waals surface area (Å²) in [4.78, 5) is 53.7. The number of carbonyl (C=O) groups excluding carboxylic acids is 3. The minimum atomic E-state index is -2.02. The Kier molecular flexibility index (Phi) is 19.7. The van der Waals surface area contributed by atoms with Gasteiger partial charge in [-0.05, 0) is 171 Å². The SMILES string of the molecule is CCC1OC(=O)C(c2cc[nH]c2)C1C1C#CCC2CC3(O)C4=C5NC(CO)C(=O)CC(c6ccc(O)cc6)CSSCC6C(O)C(O)CC(C)(C4CCC3(CCNC(N)=NCc3ccccc3)C2C(C)(O)C(O)CC(CO)C2CC=C3CCC(C)CC3C2C1)C6C5=O. The van der Waals surface area contributed by atoms with Gasteiger partial charge >= 0.3 is 5.97 Å². The number of fused-ring (bicyclic) bond motifs is 10. The molecular formula is C73H97N5O12S2. The van der Waals surface area contributed by atoms with E-state index in [1.54, 1.807) is 31.2 Å². The zero-order chi connectivity index (χ0) is 65.0. The summed E-state index contributed by atoms with van der Waals surface area (Å²) in [7, 11) is 2.97. The number of aliphatic hydroxyl groups is 7. The van der Waals surface area contributed by atoms with Crippen LogP contribution in [0.2, 0.25) is 0 Å². The number of allylic oxidation sites excluding steroid dienone is 3. The number of nitrogens with one attached hydrogen (secondary N) is 3. The monoisotopic (exact) mass is 1300 g/mol. The maximum atomic E-state index is 16.4. The first-order valence-corrected chi connectivity index (χ1v) is 36.5. The molecule has 2 saturated heterocycles. The number of guanidine groups is 1. The maximum Gasteiger partial charge on any atom is 0.314 e. The molecule has 1 aromatic heterocycles. The van der Waals surface area contributed by atoms with Crippen LogP contribution in [-0.4, -0.2) is 142 Å². The molecule has 13 N–H and O–H groups in total. The van der Waals surface area contributed by atoms with E-state index in [9.17, 15) is 40.5 Å². The van der Waals surface area contributed by atoms with E-state index in [1.807, 2.05) is 62.6 Å². The van der Waals surface area contributed by atoms with Gasteiger partial charge in [0.2, 0.25) is 0 Å². The van der Waals surface area contributed by atoms with Gasteiger partial charge in [0.1, 0.15) is 17.9 Å². The Bertz CT molecular complexity index is 3320. The molecule has 12 rings (SSSR count). The number of esters is 1. The molecular weight excluding hydrogens is 1200 g/mol. The van der Waals surface area contributed by atoms with Crippen LogP contribution in [0.1, 0.15) is 146 Å². The largest absolute Gasteiger partial charge is 0.508 e. The van der Waals surface area contributed by atoms with Gasteiger partial charge in [0.15, 0.2) is 17.5 Å². The second-order valence-corrected chi connectivity index (χ2v) is 32.1. The van der Waals surface area contributed by atoms with E-state index >= 15 is 14.7 Å². The summed E-state index contributed by atoms with van der Waals surface area (Å²) in [6.07, 6.45) is 7.35. The first-order chi connectivity index (χ1) is 44.2. The molecule has 19 heteroatoms. The van der Waals surface area contributed by atoms with Crippen LogP contribution in [0.4, 0.5) is 0 Å². The highest BCUT2D eigenvalue weighted by Crippen LogP contribution is 2.73. The van der Waals surface area contributed by atoms with E-state index in [0.717, 1.165) is 36.0 Å². The molecule has 23 unspecified atom stereocenters. The van der Waals surface area contributed by atoms with E-state index in [1.165, 1.54) is 27.2 Å². The van der Waals surface area contributed by atoms with E-state index in [-0.39, 0.29) is 129 Å². The summed E-state index contributed by atoms with van der Waals surface area (Å²) in [5.41, 5.74) is 4.54. The Balaban J connectivity index is 1.04. The smallest absolute Gasteiger partial charge is 0.314 e. The molecule has 6 fully saturated rings. The van der Waals surface area contributed by atoms with Crippen molar-refractivity contribution >= 4 is 45.1 Å². The fourth-order valence-corrected chi connectivity index (χ4v) is 23.0. The molecule has 498 valence electrons. The predicted molar refractivity (Wildman–Crippen MR) is 355 cm³/mol. The Labute approximate surface area is 549 Å². The lowest BCUT2D eigenvalue weighted by molar-refractivity contribution is -0.194. The average molecular weight is 1300 g/mol. The number of rotatable bonds is 11. The number of hydrogen-bond donors (Lipinski definition) is 12. The maximum absolute atomic E-state index is 16.4. The van der Waals surface area contributed by atoms with Crippen LogP contribution in [-0.2, 0) is 25.7 Å². The van der Waals surface area contributed by atoms with Crippen LogP contribution in [0.25, 0.3) is 0 Å². The van der Waals surface area contributed by atoms with Crippen LogP contribution in [0.15, 0.2) is 101 Å². The average Bonchev–Trinajstić information content (AvgIpc) is 1.32. The summed E-state index contributed by atoms with van der Waals surface area (Å²) in [5, 5.41) is 107. The fraction of sp³-hybridized carbons (Fsp3) is 0.644. The third kappa shape index (κ3) is 12.1. The number of nitrogens with zero attached hydrogens (tertiary/aromatic N) is 1. The first kappa shape index (κ1) is 66.9. The summed E-state index contributed by atoms with van der Waals surface area (Å²) in [6, 6.07) is 17.0. The van der Waals surface area contributed by atoms with E-state index < -0.39 is 106 Å². The van der Waals surface area contributed by atoms with Crippen LogP contribution < -0.4 is 16.4 Å². The van der Waals surface area contributed by atoms with Crippen LogP contribution in [0, 0.1) is 93.7 Å². The molecule has 0 spiro atoms. The Hall–Kier alpha value is -5.14. The summed E-state index contributed by atoms with van der Waals surface area (Å²) >= 11 is 0. The molecule has 23 atom stereocenters. The number of benzene rings is 2. The van der Waals surface area contributed by atoms with Crippen molar-refractivity contribution in [2.75, 3.05) is 31.3 Å². The number of aliphatic hydroxyl groups excluding tert-OH is 5. The minimum Gasteiger partial charge on any atom is -0.508 e. The molecule has 7 aliphatic carbocycles. The number of aromatic hydroxyl groups is 1. The van der Waals surface area contributed by atoms with Crippen molar-refractivity contribution in [3.63, 3.8) is 0 Å². The molecule has 4 saturated carbocycles. The van der Waals surface area contributed by atoms with Crippen molar-refractivity contribution in [2.24, 2.45) is 92.6 Å². The molecule has 92 heavy (non-hydrogen) atoms. The van der Waals surface area contributed by atoms with Gasteiger partial charge in [-0.15, -0.1) is 5.92 Å². The number of ketones is 2. The second kappa shape index (κ2) is 27.2. The lowest BCUT2D eigenvalue weighted by atomic mass is 9.43. The highest BCUT2D eigenvalue weighted by atomic mass is 33.1. The standard InChI is InChI=1S/C73H97N5O12S2/c1-5-58-60(61(68(87)90-58)46-23-26-75-35-46)44-12-9-13-45-32-73(89)63-54(70(3)33-57(83)65(85)53-39-92-91-38-48(42-16-19-49(81)20-17-42)30-56(82)55(37-80)78-64(63)66(86)62(53)70)22-24-72(73,25-27-76-69(74)77-34-41-10-7-6-8-11-41)67(45)71(4,88)59(84)31-47(36-79)50-21-18-43-15-14-40(2)28-51(43)52(50)29-44/h6-8,10-11,16-20,23,26,35,40,44-45,47-48,50-55,57-62,65,67,75,78-81,83-85,88-89H,5,13-15,21-22,24-25,27-34,36-39H2,1-4H3,(H3,74,76,77). The van der Waals surface area contributed by atoms with Crippen LogP contribution >= 0.6 is 21.6 Å². The van der Waals surface area contributed by atoms with Crippen LogP contribution in [0.3, 0.4) is 0 Å². The minimum absolute atomic E-state index is 0.0133. The van der Waals surface area contributed by atoms with Gasteiger partial charge < -0.3 is 66.9 Å². The molecule has 17 nitrogen and oxygen atoms in total. The molecule has 0 radical (unpaired) electrons. The summed E-state index contributed by atoms with van der Waals surface area (Å²) < 4.78 is 6.33. The van der Waals surface area contributed by atoms with Crippen molar-refractivity contribution in [1.29, 1.82) is 0 Å². The number of hydrogen-bond acceptors (Lipinski definition) is 16. The number of Topliss-reactive ketones (excluding diaryl/α,β-unsaturated/α-hetero) is 2. The van der Waals surface area contributed by atoms with Crippen molar-refractivity contribution in [2.45, 2.75) is 178 Å². The molecule has 2 bridgehead atoms. The number of aromatic amines is 1. The molecule has 2 aliphatic heterocycles.